The van der Waals surface area contributed by atoms with Crippen molar-refractivity contribution in [3.8, 4) is 5.75 Å². The van der Waals surface area contributed by atoms with Crippen LogP contribution in [-0.2, 0) is 11.1 Å². The van der Waals surface area contributed by atoms with Crippen LogP contribution in [0.5, 0.6) is 5.75 Å². The minimum absolute atomic E-state index is 0.504. The summed E-state index contributed by atoms with van der Waals surface area (Å²) in [6, 6.07) is 18.1. The standard InChI is InChI=1S/C20H17N3O2S/c1-12-2-6-15(7-3-12)26(24)25-20-16-8-4-13(21)10-18(16)23-19-11-14(22)5-9-17(19)20/h2-11H,21-22H2,1H3. The predicted molar refractivity (Wildman–Crippen MR) is 106 cm³/mol. The molecule has 0 radical (unpaired) electrons. The highest BCUT2D eigenvalue weighted by Gasteiger charge is 2.15. The number of anilines is 2. The number of hydrogen-bond acceptors (Lipinski definition) is 5. The van der Waals surface area contributed by atoms with Crippen molar-refractivity contribution in [3.63, 3.8) is 0 Å². The minimum Gasteiger partial charge on any atom is -0.399 e. The van der Waals surface area contributed by atoms with E-state index >= 15 is 0 Å². The zero-order valence-electron chi connectivity index (χ0n) is 14.1. The van der Waals surface area contributed by atoms with E-state index < -0.39 is 11.1 Å². The molecule has 1 heterocycles. The first-order valence-electron chi connectivity index (χ1n) is 8.06. The van der Waals surface area contributed by atoms with Gasteiger partial charge in [0, 0.05) is 22.1 Å². The third-order valence-corrected chi connectivity index (χ3v) is 5.12. The van der Waals surface area contributed by atoms with Gasteiger partial charge in [0.25, 0.3) is 0 Å². The number of fused-ring (bicyclic) bond motifs is 2. The second-order valence-electron chi connectivity index (χ2n) is 6.13. The molecule has 0 spiro atoms. The van der Waals surface area contributed by atoms with E-state index in [1.54, 1.807) is 36.4 Å². The molecule has 0 saturated carbocycles. The average Bonchev–Trinajstić information content (AvgIpc) is 2.61. The van der Waals surface area contributed by atoms with Gasteiger partial charge in [-0.05, 0) is 55.5 Å². The molecule has 0 saturated heterocycles. The van der Waals surface area contributed by atoms with Crippen molar-refractivity contribution >= 4 is 44.3 Å². The van der Waals surface area contributed by atoms with Crippen LogP contribution in [0.2, 0.25) is 0 Å². The van der Waals surface area contributed by atoms with E-state index in [-0.39, 0.29) is 0 Å². The summed E-state index contributed by atoms with van der Waals surface area (Å²) < 4.78 is 18.7. The number of aromatic nitrogens is 1. The Morgan fingerprint density at radius 1 is 0.846 bits per heavy atom. The van der Waals surface area contributed by atoms with E-state index in [9.17, 15) is 4.21 Å². The molecule has 4 N–H and O–H groups in total. The molecule has 0 fully saturated rings. The summed E-state index contributed by atoms with van der Waals surface area (Å²) >= 11 is -1.66. The lowest BCUT2D eigenvalue weighted by atomic mass is 10.1. The van der Waals surface area contributed by atoms with E-state index in [2.05, 4.69) is 4.98 Å². The van der Waals surface area contributed by atoms with Crippen molar-refractivity contribution in [3.05, 3.63) is 66.2 Å². The highest BCUT2D eigenvalue weighted by Crippen LogP contribution is 2.35. The van der Waals surface area contributed by atoms with Gasteiger partial charge in [0.2, 0.25) is 11.1 Å². The molecule has 4 aromatic rings. The number of benzene rings is 3. The molecule has 0 amide bonds. The van der Waals surface area contributed by atoms with Gasteiger partial charge < -0.3 is 15.7 Å². The number of nitrogen functional groups attached to an aromatic ring is 2. The molecule has 26 heavy (non-hydrogen) atoms. The van der Waals surface area contributed by atoms with Crippen LogP contribution in [0.15, 0.2) is 65.6 Å². The molecular formula is C20H17N3O2S. The molecule has 5 nitrogen and oxygen atoms in total. The Morgan fingerprint density at radius 2 is 1.38 bits per heavy atom. The lowest BCUT2D eigenvalue weighted by molar-refractivity contribution is 0.570. The van der Waals surface area contributed by atoms with Crippen LogP contribution in [-0.4, -0.2) is 9.19 Å². The van der Waals surface area contributed by atoms with Gasteiger partial charge in [0.15, 0.2) is 5.75 Å². The van der Waals surface area contributed by atoms with Crippen LogP contribution >= 0.6 is 0 Å². The topological polar surface area (TPSA) is 91.2 Å². The lowest BCUT2D eigenvalue weighted by Crippen LogP contribution is -2.03. The van der Waals surface area contributed by atoms with Crippen LogP contribution in [0.1, 0.15) is 5.56 Å². The number of nitrogens with two attached hydrogens (primary N) is 2. The van der Waals surface area contributed by atoms with Gasteiger partial charge in [-0.25, -0.2) is 9.19 Å². The number of aryl methyl sites for hydroxylation is 1. The predicted octanol–water partition coefficient (Wildman–Crippen LogP) is 3.96. The lowest BCUT2D eigenvalue weighted by Gasteiger charge is -2.12. The van der Waals surface area contributed by atoms with Gasteiger partial charge >= 0.3 is 0 Å². The quantitative estimate of drug-likeness (QED) is 0.425. The second kappa shape index (κ2) is 6.31. The Kier molecular flexibility index (Phi) is 3.97. The van der Waals surface area contributed by atoms with E-state index in [0.29, 0.717) is 33.1 Å². The molecule has 1 atom stereocenters. The monoisotopic (exact) mass is 363 g/mol. The Hall–Kier alpha value is -3.12. The van der Waals surface area contributed by atoms with Crippen molar-refractivity contribution < 1.29 is 8.39 Å². The van der Waals surface area contributed by atoms with Gasteiger partial charge in [-0.1, -0.05) is 17.7 Å². The highest BCUT2D eigenvalue weighted by atomic mass is 32.2. The van der Waals surface area contributed by atoms with Gasteiger partial charge in [-0.2, -0.15) is 0 Å². The van der Waals surface area contributed by atoms with E-state index in [4.69, 9.17) is 15.7 Å². The third-order valence-electron chi connectivity index (χ3n) is 4.15. The zero-order chi connectivity index (χ0) is 18.3. The maximum absolute atomic E-state index is 12.8. The number of rotatable bonds is 3. The molecule has 4 rings (SSSR count). The summed E-state index contributed by atoms with van der Waals surface area (Å²) in [6.07, 6.45) is 0. The molecular weight excluding hydrogens is 346 g/mol. The minimum atomic E-state index is -1.66. The van der Waals surface area contributed by atoms with Gasteiger partial charge in [-0.15, -0.1) is 0 Å². The van der Waals surface area contributed by atoms with E-state index in [1.807, 2.05) is 31.2 Å². The summed E-state index contributed by atoms with van der Waals surface area (Å²) in [7, 11) is 0. The van der Waals surface area contributed by atoms with Crippen molar-refractivity contribution in [2.45, 2.75) is 11.8 Å². The first-order chi connectivity index (χ1) is 12.5. The van der Waals surface area contributed by atoms with Gasteiger partial charge in [-0.3, -0.25) is 0 Å². The Balaban J connectivity index is 1.90. The SMILES string of the molecule is Cc1ccc(S(=O)Oc2c3ccc(N)cc3nc3cc(N)ccc23)cc1. The molecule has 3 aromatic carbocycles. The van der Waals surface area contributed by atoms with Crippen molar-refractivity contribution in [1.82, 2.24) is 4.98 Å². The van der Waals surface area contributed by atoms with Crippen LogP contribution < -0.4 is 15.7 Å². The van der Waals surface area contributed by atoms with Crippen molar-refractivity contribution in [1.29, 1.82) is 0 Å². The fourth-order valence-electron chi connectivity index (χ4n) is 2.80. The van der Waals surface area contributed by atoms with Crippen molar-refractivity contribution in [2.75, 3.05) is 11.5 Å². The number of pyridine rings is 1. The Bertz CT molecular complexity index is 1100. The smallest absolute Gasteiger partial charge is 0.240 e. The summed E-state index contributed by atoms with van der Waals surface area (Å²) in [5, 5.41) is 1.49. The molecule has 1 unspecified atom stereocenters. The van der Waals surface area contributed by atoms with Gasteiger partial charge in [0.1, 0.15) is 0 Å². The highest BCUT2D eigenvalue weighted by molar-refractivity contribution is 7.80. The van der Waals surface area contributed by atoms with Crippen LogP contribution in [0.3, 0.4) is 0 Å². The zero-order valence-corrected chi connectivity index (χ0v) is 14.9. The fraction of sp³-hybridized carbons (Fsp3) is 0.0500. The largest absolute Gasteiger partial charge is 0.399 e. The maximum Gasteiger partial charge on any atom is 0.240 e. The molecule has 6 heteroatoms. The first kappa shape index (κ1) is 16.4. The normalized spacial score (nSPS) is 12.3. The Labute approximate surface area is 153 Å². The molecule has 0 aliphatic carbocycles. The van der Waals surface area contributed by atoms with Crippen LogP contribution in [0, 0.1) is 6.92 Å². The van der Waals surface area contributed by atoms with E-state index in [1.165, 1.54) is 0 Å². The summed E-state index contributed by atoms with van der Waals surface area (Å²) in [6.45, 7) is 1.98. The average molecular weight is 363 g/mol. The molecule has 1 aromatic heterocycles. The summed E-state index contributed by atoms with van der Waals surface area (Å²) in [5.41, 5.74) is 15.4. The molecule has 0 aliphatic heterocycles. The molecule has 0 aliphatic rings. The maximum atomic E-state index is 12.8. The Morgan fingerprint density at radius 3 is 1.92 bits per heavy atom. The van der Waals surface area contributed by atoms with Crippen LogP contribution in [0.25, 0.3) is 21.8 Å². The van der Waals surface area contributed by atoms with E-state index in [0.717, 1.165) is 16.3 Å². The number of hydrogen-bond donors (Lipinski definition) is 2. The summed E-state index contributed by atoms with van der Waals surface area (Å²) in [4.78, 5) is 5.21. The first-order valence-corrected chi connectivity index (χ1v) is 9.14. The fourth-order valence-corrected chi connectivity index (χ4v) is 3.59. The molecule has 0 bridgehead atoms. The van der Waals surface area contributed by atoms with Crippen molar-refractivity contribution in [2.24, 2.45) is 0 Å². The van der Waals surface area contributed by atoms with Crippen LogP contribution in [0.4, 0.5) is 11.4 Å². The van der Waals surface area contributed by atoms with Gasteiger partial charge in [0.05, 0.1) is 15.9 Å². The second-order valence-corrected chi connectivity index (χ2v) is 7.23. The number of nitrogens with zero attached hydrogens (tertiary/aromatic N) is 1. The molecule has 130 valence electrons. The summed E-state index contributed by atoms with van der Waals surface area (Å²) in [5.74, 6) is 0.504. The third kappa shape index (κ3) is 2.95.